The zero-order chi connectivity index (χ0) is 10.1. The Morgan fingerprint density at radius 3 is 3.00 bits per heavy atom. The van der Waals surface area contributed by atoms with Crippen molar-refractivity contribution in [3.63, 3.8) is 0 Å². The fourth-order valence-electron chi connectivity index (χ4n) is 1.53. The zero-order valence-electron chi connectivity index (χ0n) is 7.67. The lowest BCUT2D eigenvalue weighted by molar-refractivity contribution is 0.0932. The Hall–Kier alpha value is -0.780. The van der Waals surface area contributed by atoms with Gasteiger partial charge in [-0.1, -0.05) is 0 Å². The van der Waals surface area contributed by atoms with E-state index >= 15 is 0 Å². The van der Waals surface area contributed by atoms with Crippen molar-refractivity contribution in [3.05, 3.63) is 23.3 Å². The molecule has 1 aliphatic heterocycles. The van der Waals surface area contributed by atoms with E-state index in [-0.39, 0.29) is 5.78 Å². The molecule has 0 fully saturated rings. The third kappa shape index (κ3) is 1.58. The summed E-state index contributed by atoms with van der Waals surface area (Å²) in [6, 6.07) is 3.71. The topological polar surface area (TPSA) is 35.5 Å². The average Bonchev–Trinajstić information content (AvgIpc) is 2.18. The van der Waals surface area contributed by atoms with E-state index in [1.807, 2.05) is 19.1 Å². The average molecular weight is 304 g/mol. The smallest absolute Gasteiger partial charge is 0.192 e. The van der Waals surface area contributed by atoms with E-state index in [1.54, 1.807) is 23.0 Å². The first-order chi connectivity index (χ1) is 6.72. The molecule has 74 valence electrons. The number of aryl methyl sites for hydroxylation is 1. The third-order valence-electron chi connectivity index (χ3n) is 2.16. The van der Waals surface area contributed by atoms with Gasteiger partial charge in [-0.25, -0.2) is 0 Å². The Kier molecular flexibility index (Phi) is 2.62. The second-order valence-electron chi connectivity index (χ2n) is 3.24. The predicted octanol–water partition coefficient (Wildman–Crippen LogP) is 2.69. The Bertz CT molecular complexity index is 387. The van der Waals surface area contributed by atoms with Gasteiger partial charge < -0.3 is 7.80 Å². The predicted molar refractivity (Wildman–Crippen MR) is 60.3 cm³/mol. The quantitative estimate of drug-likeness (QED) is 0.748. The minimum absolute atomic E-state index is 0.129. The molecule has 1 aliphatic rings. The number of benzene rings is 1. The van der Waals surface area contributed by atoms with Gasteiger partial charge in [-0.15, -0.1) is 0 Å². The van der Waals surface area contributed by atoms with Gasteiger partial charge in [-0.2, -0.15) is 0 Å². The summed E-state index contributed by atoms with van der Waals surface area (Å²) < 4.78 is 10.6. The van der Waals surface area contributed by atoms with E-state index in [1.165, 1.54) is 0 Å². The second-order valence-corrected chi connectivity index (χ2v) is 3.68. The Balaban J connectivity index is 2.60. The van der Waals surface area contributed by atoms with Crippen LogP contribution in [0.5, 0.6) is 11.5 Å². The molecule has 0 saturated heterocycles. The second kappa shape index (κ2) is 3.76. The SMILES string of the molecule is Cc1cc(OI)c2c(c1)C(=O)CCO2. The lowest BCUT2D eigenvalue weighted by Gasteiger charge is -2.18. The van der Waals surface area contributed by atoms with Gasteiger partial charge in [0.05, 0.1) is 12.2 Å². The maximum absolute atomic E-state index is 11.6. The number of carbonyl (C=O) groups is 1. The highest BCUT2D eigenvalue weighted by Crippen LogP contribution is 2.36. The summed E-state index contributed by atoms with van der Waals surface area (Å²) in [6.45, 7) is 2.38. The number of carbonyl (C=O) groups excluding carboxylic acids is 1. The number of rotatable bonds is 1. The fraction of sp³-hybridized carbons (Fsp3) is 0.300. The maximum Gasteiger partial charge on any atom is 0.192 e. The van der Waals surface area contributed by atoms with Crippen LogP contribution in [0.3, 0.4) is 0 Å². The summed E-state index contributed by atoms with van der Waals surface area (Å²) >= 11 is 1.79. The summed E-state index contributed by atoms with van der Waals surface area (Å²) in [7, 11) is 0. The van der Waals surface area contributed by atoms with Gasteiger partial charge in [-0.05, 0) is 24.6 Å². The number of hydrogen-bond acceptors (Lipinski definition) is 3. The summed E-state index contributed by atoms with van der Waals surface area (Å²) in [5.41, 5.74) is 1.65. The minimum atomic E-state index is 0.129. The van der Waals surface area contributed by atoms with Crippen molar-refractivity contribution < 1.29 is 12.6 Å². The van der Waals surface area contributed by atoms with Crippen molar-refractivity contribution in [1.29, 1.82) is 0 Å². The minimum Gasteiger partial charge on any atom is -0.488 e. The number of fused-ring (bicyclic) bond motifs is 1. The van der Waals surface area contributed by atoms with Gasteiger partial charge in [-0.3, -0.25) is 4.79 Å². The normalized spacial score (nSPS) is 14.6. The van der Waals surface area contributed by atoms with Crippen LogP contribution < -0.4 is 7.80 Å². The molecule has 0 radical (unpaired) electrons. The lowest BCUT2D eigenvalue weighted by atomic mass is 10.0. The highest BCUT2D eigenvalue weighted by molar-refractivity contribution is 14.1. The summed E-state index contributed by atoms with van der Waals surface area (Å²) in [5.74, 6) is 1.35. The van der Waals surface area contributed by atoms with Crippen LogP contribution in [0, 0.1) is 6.92 Å². The number of hydrogen-bond donors (Lipinski definition) is 0. The monoisotopic (exact) mass is 304 g/mol. The van der Waals surface area contributed by atoms with Crippen LogP contribution in [0.25, 0.3) is 0 Å². The molecule has 1 aromatic carbocycles. The third-order valence-corrected chi connectivity index (χ3v) is 2.63. The van der Waals surface area contributed by atoms with Crippen molar-refractivity contribution in [2.75, 3.05) is 6.61 Å². The molecule has 0 unspecified atom stereocenters. The van der Waals surface area contributed by atoms with Crippen molar-refractivity contribution in [3.8, 4) is 11.5 Å². The maximum atomic E-state index is 11.6. The highest BCUT2D eigenvalue weighted by atomic mass is 127. The Morgan fingerprint density at radius 2 is 2.29 bits per heavy atom. The van der Waals surface area contributed by atoms with Crippen LogP contribution in [0.1, 0.15) is 22.3 Å². The van der Waals surface area contributed by atoms with E-state index < -0.39 is 0 Å². The van der Waals surface area contributed by atoms with E-state index in [0.717, 1.165) is 5.56 Å². The molecule has 1 heterocycles. The van der Waals surface area contributed by atoms with Crippen molar-refractivity contribution in [2.24, 2.45) is 0 Å². The Labute approximate surface area is 96.1 Å². The number of Topliss-reactive ketones (excluding diaryl/α,β-unsaturated/α-hetero) is 1. The zero-order valence-corrected chi connectivity index (χ0v) is 9.83. The molecule has 0 saturated carbocycles. The van der Waals surface area contributed by atoms with Crippen LogP contribution in [-0.2, 0) is 0 Å². The molecule has 0 atom stereocenters. The Morgan fingerprint density at radius 1 is 1.50 bits per heavy atom. The van der Waals surface area contributed by atoms with Crippen LogP contribution in [0.15, 0.2) is 12.1 Å². The van der Waals surface area contributed by atoms with E-state index in [0.29, 0.717) is 30.1 Å². The fourth-order valence-corrected chi connectivity index (χ4v) is 1.86. The van der Waals surface area contributed by atoms with E-state index in [4.69, 9.17) is 7.80 Å². The largest absolute Gasteiger partial charge is 0.488 e. The van der Waals surface area contributed by atoms with Gasteiger partial charge in [0.15, 0.2) is 40.3 Å². The van der Waals surface area contributed by atoms with Crippen molar-refractivity contribution >= 4 is 28.8 Å². The molecule has 0 amide bonds. The molecular weight excluding hydrogens is 295 g/mol. The molecular formula is C10H9IO3. The molecule has 0 N–H and O–H groups in total. The standard InChI is InChI=1S/C10H9IO3/c1-6-4-7-8(12)2-3-13-10(7)9(5-6)14-11/h4-5H,2-3H2,1H3. The molecule has 2 rings (SSSR count). The molecule has 14 heavy (non-hydrogen) atoms. The number of halogens is 1. The molecule has 0 spiro atoms. The molecule has 0 bridgehead atoms. The number of ketones is 1. The highest BCUT2D eigenvalue weighted by Gasteiger charge is 2.22. The van der Waals surface area contributed by atoms with Crippen LogP contribution >= 0.6 is 23.0 Å². The molecule has 0 aromatic heterocycles. The van der Waals surface area contributed by atoms with Crippen molar-refractivity contribution in [2.45, 2.75) is 13.3 Å². The van der Waals surface area contributed by atoms with Crippen LogP contribution in [0.2, 0.25) is 0 Å². The van der Waals surface area contributed by atoms with E-state index in [2.05, 4.69) is 0 Å². The number of ether oxygens (including phenoxy) is 1. The molecule has 1 aromatic rings. The molecule has 3 nitrogen and oxygen atoms in total. The van der Waals surface area contributed by atoms with Gasteiger partial charge >= 0.3 is 0 Å². The van der Waals surface area contributed by atoms with Crippen molar-refractivity contribution in [1.82, 2.24) is 0 Å². The van der Waals surface area contributed by atoms with Gasteiger partial charge in [0, 0.05) is 6.42 Å². The van der Waals surface area contributed by atoms with Gasteiger partial charge in [0.1, 0.15) is 0 Å². The molecule has 0 aliphatic carbocycles. The lowest BCUT2D eigenvalue weighted by Crippen LogP contribution is -2.15. The summed E-state index contributed by atoms with van der Waals surface area (Å²) in [6.07, 6.45) is 0.455. The van der Waals surface area contributed by atoms with Crippen LogP contribution in [0.4, 0.5) is 0 Å². The first kappa shape index (κ1) is 9.76. The van der Waals surface area contributed by atoms with E-state index in [9.17, 15) is 4.79 Å². The van der Waals surface area contributed by atoms with Crippen LogP contribution in [-0.4, -0.2) is 12.4 Å². The summed E-state index contributed by atoms with van der Waals surface area (Å²) in [4.78, 5) is 11.6. The first-order valence-corrected chi connectivity index (χ1v) is 5.19. The summed E-state index contributed by atoms with van der Waals surface area (Å²) in [5, 5.41) is 0. The van der Waals surface area contributed by atoms with Gasteiger partial charge in [0.2, 0.25) is 0 Å². The molecule has 4 heteroatoms. The van der Waals surface area contributed by atoms with Gasteiger partial charge in [0.25, 0.3) is 0 Å². The first-order valence-electron chi connectivity index (χ1n) is 4.31.